The van der Waals surface area contributed by atoms with Gasteiger partial charge >= 0.3 is 0 Å². The first-order valence-electron chi connectivity index (χ1n) is 6.30. The number of nitrogens with zero attached hydrogens (tertiary/aromatic N) is 1. The molecule has 0 aliphatic heterocycles. The Morgan fingerprint density at radius 3 is 2.69 bits per heavy atom. The molecular formula is C14H22ClN. The van der Waals surface area contributed by atoms with Gasteiger partial charge in [-0.2, -0.15) is 0 Å². The maximum atomic E-state index is 6.40. The Hall–Kier alpha value is -0.560. The van der Waals surface area contributed by atoms with E-state index in [0.717, 1.165) is 12.1 Å². The van der Waals surface area contributed by atoms with Crippen LogP contribution >= 0.6 is 11.6 Å². The molecule has 0 spiro atoms. The van der Waals surface area contributed by atoms with Gasteiger partial charge in [0.05, 0.1) is 0 Å². The fourth-order valence-electron chi connectivity index (χ4n) is 1.85. The van der Waals surface area contributed by atoms with Crippen molar-refractivity contribution in [3.63, 3.8) is 0 Å². The van der Waals surface area contributed by atoms with Gasteiger partial charge in [-0.3, -0.25) is 4.98 Å². The predicted molar refractivity (Wildman–Crippen MR) is 71.1 cm³/mol. The standard InChI is InChI=1S/C14H22ClN/c1-3-4-5-6-9-13(15)12(2)14-10-7-8-11-16-14/h7-8,10-13H,3-6,9H2,1-2H3. The van der Waals surface area contributed by atoms with Crippen LogP contribution in [0.3, 0.4) is 0 Å². The molecule has 16 heavy (non-hydrogen) atoms. The molecule has 0 bridgehead atoms. The van der Waals surface area contributed by atoms with Crippen molar-refractivity contribution in [2.75, 3.05) is 0 Å². The Balaban J connectivity index is 2.33. The summed E-state index contributed by atoms with van der Waals surface area (Å²) in [6, 6.07) is 6.03. The first-order valence-corrected chi connectivity index (χ1v) is 6.74. The van der Waals surface area contributed by atoms with E-state index in [0.29, 0.717) is 5.92 Å². The molecule has 1 rings (SSSR count). The van der Waals surface area contributed by atoms with Crippen molar-refractivity contribution in [3.05, 3.63) is 30.1 Å². The molecule has 1 aromatic rings. The highest BCUT2D eigenvalue weighted by Gasteiger charge is 2.16. The van der Waals surface area contributed by atoms with E-state index in [9.17, 15) is 0 Å². The average molecular weight is 240 g/mol. The maximum absolute atomic E-state index is 6.40. The molecule has 0 aromatic carbocycles. The third kappa shape index (κ3) is 4.52. The molecule has 1 aromatic heterocycles. The number of unbranched alkanes of at least 4 members (excludes halogenated alkanes) is 3. The molecule has 0 N–H and O–H groups in total. The summed E-state index contributed by atoms with van der Waals surface area (Å²) in [5.41, 5.74) is 1.11. The normalized spacial score (nSPS) is 14.7. The van der Waals surface area contributed by atoms with Crippen LogP contribution in [-0.2, 0) is 0 Å². The number of hydrogen-bond acceptors (Lipinski definition) is 1. The second-order valence-corrected chi connectivity index (χ2v) is 4.97. The largest absolute Gasteiger partial charge is 0.261 e. The third-order valence-electron chi connectivity index (χ3n) is 3.03. The molecule has 2 unspecified atom stereocenters. The third-order valence-corrected chi connectivity index (χ3v) is 3.63. The summed E-state index contributed by atoms with van der Waals surface area (Å²) in [5, 5.41) is 0.215. The lowest BCUT2D eigenvalue weighted by Crippen LogP contribution is -2.11. The fraction of sp³-hybridized carbons (Fsp3) is 0.643. The van der Waals surface area contributed by atoms with E-state index in [1.54, 1.807) is 0 Å². The Morgan fingerprint density at radius 2 is 2.06 bits per heavy atom. The second kappa shape index (κ2) is 7.67. The van der Waals surface area contributed by atoms with Crippen molar-refractivity contribution in [1.82, 2.24) is 4.98 Å². The van der Waals surface area contributed by atoms with Crippen molar-refractivity contribution in [2.24, 2.45) is 0 Å². The van der Waals surface area contributed by atoms with Crippen LogP contribution in [0.2, 0.25) is 0 Å². The molecule has 90 valence electrons. The highest BCUT2D eigenvalue weighted by Crippen LogP contribution is 2.25. The topological polar surface area (TPSA) is 12.9 Å². The molecule has 0 radical (unpaired) electrons. The van der Waals surface area contributed by atoms with Crippen LogP contribution in [0.1, 0.15) is 57.6 Å². The molecule has 0 saturated carbocycles. The van der Waals surface area contributed by atoms with Crippen molar-refractivity contribution in [1.29, 1.82) is 0 Å². The summed E-state index contributed by atoms with van der Waals surface area (Å²) in [6.07, 6.45) is 8.07. The van der Waals surface area contributed by atoms with Crippen molar-refractivity contribution in [2.45, 2.75) is 57.2 Å². The summed E-state index contributed by atoms with van der Waals surface area (Å²) in [7, 11) is 0. The highest BCUT2D eigenvalue weighted by molar-refractivity contribution is 6.21. The fourth-order valence-corrected chi connectivity index (χ4v) is 2.13. The van der Waals surface area contributed by atoms with Gasteiger partial charge in [0.1, 0.15) is 0 Å². The Morgan fingerprint density at radius 1 is 1.25 bits per heavy atom. The average Bonchev–Trinajstić information content (AvgIpc) is 2.34. The Kier molecular flexibility index (Phi) is 6.47. The zero-order valence-corrected chi connectivity index (χ0v) is 11.1. The number of pyridine rings is 1. The van der Waals surface area contributed by atoms with Gasteiger partial charge in [-0.05, 0) is 18.6 Å². The second-order valence-electron chi connectivity index (χ2n) is 4.41. The van der Waals surface area contributed by atoms with Crippen molar-refractivity contribution < 1.29 is 0 Å². The van der Waals surface area contributed by atoms with Gasteiger partial charge in [-0.15, -0.1) is 11.6 Å². The quantitative estimate of drug-likeness (QED) is 0.494. The van der Waals surface area contributed by atoms with Gasteiger partial charge in [-0.25, -0.2) is 0 Å². The molecule has 0 saturated heterocycles. The lowest BCUT2D eigenvalue weighted by atomic mass is 9.98. The van der Waals surface area contributed by atoms with E-state index < -0.39 is 0 Å². The molecular weight excluding hydrogens is 218 g/mol. The van der Waals surface area contributed by atoms with Crippen LogP contribution in [0.4, 0.5) is 0 Å². The minimum atomic E-state index is 0.215. The van der Waals surface area contributed by atoms with Gasteiger partial charge in [0, 0.05) is 23.2 Å². The summed E-state index contributed by atoms with van der Waals surface area (Å²) < 4.78 is 0. The van der Waals surface area contributed by atoms with E-state index in [-0.39, 0.29) is 5.38 Å². The first-order chi connectivity index (χ1) is 7.75. The molecule has 0 aliphatic rings. The summed E-state index contributed by atoms with van der Waals surface area (Å²) in [5.74, 6) is 0.351. The van der Waals surface area contributed by atoms with Crippen molar-refractivity contribution >= 4 is 11.6 Å². The number of hydrogen-bond donors (Lipinski definition) is 0. The number of halogens is 1. The summed E-state index contributed by atoms with van der Waals surface area (Å²) >= 11 is 6.40. The molecule has 2 heteroatoms. The van der Waals surface area contributed by atoms with E-state index in [1.165, 1.54) is 25.7 Å². The van der Waals surface area contributed by atoms with Crippen LogP contribution in [0.25, 0.3) is 0 Å². The van der Waals surface area contributed by atoms with Crippen molar-refractivity contribution in [3.8, 4) is 0 Å². The highest BCUT2D eigenvalue weighted by atomic mass is 35.5. The van der Waals surface area contributed by atoms with Crippen LogP contribution < -0.4 is 0 Å². The van der Waals surface area contributed by atoms with Gasteiger partial charge in [-0.1, -0.05) is 45.6 Å². The first kappa shape index (κ1) is 13.5. The molecule has 0 fully saturated rings. The number of rotatable bonds is 7. The minimum Gasteiger partial charge on any atom is -0.261 e. The smallest absolute Gasteiger partial charge is 0.0446 e. The molecule has 1 nitrogen and oxygen atoms in total. The molecule has 1 heterocycles. The Labute approximate surface area is 104 Å². The SMILES string of the molecule is CCCCCCC(Cl)C(C)c1ccccn1. The zero-order valence-electron chi connectivity index (χ0n) is 10.3. The van der Waals surface area contributed by atoms with Crippen LogP contribution in [0.5, 0.6) is 0 Å². The molecule has 0 aliphatic carbocycles. The van der Waals surface area contributed by atoms with Crippen LogP contribution in [0.15, 0.2) is 24.4 Å². The lowest BCUT2D eigenvalue weighted by molar-refractivity contribution is 0.567. The lowest BCUT2D eigenvalue weighted by Gasteiger charge is -2.17. The Bertz CT molecular complexity index is 273. The zero-order chi connectivity index (χ0) is 11.8. The number of aromatic nitrogens is 1. The summed E-state index contributed by atoms with van der Waals surface area (Å²) in [4.78, 5) is 4.36. The molecule has 2 atom stereocenters. The van der Waals surface area contributed by atoms with E-state index in [4.69, 9.17) is 11.6 Å². The van der Waals surface area contributed by atoms with E-state index in [1.807, 2.05) is 18.3 Å². The van der Waals surface area contributed by atoms with Gasteiger partial charge in [0.25, 0.3) is 0 Å². The van der Waals surface area contributed by atoms with Gasteiger partial charge in [0.2, 0.25) is 0 Å². The number of alkyl halides is 1. The van der Waals surface area contributed by atoms with E-state index >= 15 is 0 Å². The predicted octanol–water partition coefficient (Wildman–Crippen LogP) is 4.76. The van der Waals surface area contributed by atoms with Gasteiger partial charge < -0.3 is 0 Å². The summed E-state index contributed by atoms with van der Waals surface area (Å²) in [6.45, 7) is 4.40. The molecule has 0 amide bonds. The van der Waals surface area contributed by atoms with Crippen LogP contribution in [0, 0.1) is 0 Å². The van der Waals surface area contributed by atoms with Gasteiger partial charge in [0.15, 0.2) is 0 Å². The van der Waals surface area contributed by atoms with Crippen LogP contribution in [-0.4, -0.2) is 10.4 Å². The monoisotopic (exact) mass is 239 g/mol. The van der Waals surface area contributed by atoms with E-state index in [2.05, 4.69) is 24.9 Å². The minimum absolute atomic E-state index is 0.215. The maximum Gasteiger partial charge on any atom is 0.0446 e.